The van der Waals surface area contributed by atoms with E-state index in [0.717, 1.165) is 37.7 Å². The summed E-state index contributed by atoms with van der Waals surface area (Å²) >= 11 is 0. The number of hydrogen-bond donors (Lipinski definition) is 1. The number of nitrogens with zero attached hydrogens (tertiary/aromatic N) is 4. The van der Waals surface area contributed by atoms with E-state index in [1.54, 1.807) is 20.5 Å². The van der Waals surface area contributed by atoms with Gasteiger partial charge in [-0.25, -0.2) is 9.97 Å². The van der Waals surface area contributed by atoms with E-state index < -0.39 is 0 Å². The molecule has 24 heavy (non-hydrogen) atoms. The molecule has 0 amide bonds. The molecule has 0 aliphatic carbocycles. The Morgan fingerprint density at radius 3 is 2.54 bits per heavy atom. The molecule has 2 N–H and O–H groups in total. The quantitative estimate of drug-likeness (QED) is 0.738. The number of nitrogen functional groups attached to an aromatic ring is 1. The van der Waals surface area contributed by atoms with E-state index in [0.29, 0.717) is 24.9 Å². The van der Waals surface area contributed by atoms with Crippen LogP contribution in [0.25, 0.3) is 0 Å². The van der Waals surface area contributed by atoms with E-state index in [1.165, 1.54) is 19.3 Å². The number of piperidine rings is 1. The number of hydrogen-bond acceptors (Lipinski definition) is 7. The fourth-order valence-corrected chi connectivity index (χ4v) is 3.29. The van der Waals surface area contributed by atoms with Crippen LogP contribution in [0.3, 0.4) is 0 Å². The second kappa shape index (κ2) is 9.64. The van der Waals surface area contributed by atoms with Gasteiger partial charge in [-0.05, 0) is 25.7 Å². The summed E-state index contributed by atoms with van der Waals surface area (Å²) < 4.78 is 10.4. The average Bonchev–Trinajstić information content (AvgIpc) is 2.62. The summed E-state index contributed by atoms with van der Waals surface area (Å²) in [7, 11) is 3.39. The lowest BCUT2D eigenvalue weighted by molar-refractivity contribution is 0.190. The van der Waals surface area contributed by atoms with Gasteiger partial charge in [0.2, 0.25) is 0 Å². The van der Waals surface area contributed by atoms with Crippen LogP contribution in [0.4, 0.5) is 17.3 Å². The number of nitrogens with two attached hydrogens (primary N) is 1. The smallest absolute Gasteiger partial charge is 0.157 e. The molecule has 0 spiro atoms. The highest BCUT2D eigenvalue weighted by atomic mass is 16.5. The third-order valence-corrected chi connectivity index (χ3v) is 4.64. The molecule has 2 rings (SSSR count). The van der Waals surface area contributed by atoms with Crippen LogP contribution in [0, 0.1) is 0 Å². The summed E-state index contributed by atoms with van der Waals surface area (Å²) in [5, 5.41) is 0. The topological polar surface area (TPSA) is 76.7 Å². The van der Waals surface area contributed by atoms with E-state index in [4.69, 9.17) is 15.2 Å². The average molecular weight is 337 g/mol. The fourth-order valence-electron chi connectivity index (χ4n) is 3.29. The van der Waals surface area contributed by atoms with Crippen LogP contribution in [0.1, 0.15) is 32.6 Å². The predicted octanol–water partition coefficient (Wildman–Crippen LogP) is 1.93. The van der Waals surface area contributed by atoms with Gasteiger partial charge in [0.05, 0.1) is 13.2 Å². The van der Waals surface area contributed by atoms with Crippen molar-refractivity contribution in [1.82, 2.24) is 9.97 Å². The first-order chi connectivity index (χ1) is 11.7. The Hall–Kier alpha value is -1.60. The summed E-state index contributed by atoms with van der Waals surface area (Å²) in [5.41, 5.74) is 7.14. The Labute approximate surface area is 145 Å². The molecule has 1 aliphatic heterocycles. The van der Waals surface area contributed by atoms with Crippen molar-refractivity contribution in [2.24, 2.45) is 0 Å². The van der Waals surface area contributed by atoms with Crippen molar-refractivity contribution >= 4 is 17.3 Å². The maximum atomic E-state index is 6.49. The second-order valence-electron chi connectivity index (χ2n) is 6.16. The van der Waals surface area contributed by atoms with Gasteiger partial charge >= 0.3 is 0 Å². The van der Waals surface area contributed by atoms with E-state index in [9.17, 15) is 0 Å². The highest BCUT2D eigenvalue weighted by Gasteiger charge is 2.26. The first kappa shape index (κ1) is 18.7. The number of anilines is 3. The first-order valence-corrected chi connectivity index (χ1v) is 8.82. The van der Waals surface area contributed by atoms with E-state index in [-0.39, 0.29) is 0 Å². The molecule has 1 fully saturated rings. The second-order valence-corrected chi connectivity index (χ2v) is 6.16. The van der Waals surface area contributed by atoms with Crippen molar-refractivity contribution in [3.63, 3.8) is 0 Å². The molecule has 0 aromatic carbocycles. The van der Waals surface area contributed by atoms with Crippen molar-refractivity contribution in [1.29, 1.82) is 0 Å². The highest BCUT2D eigenvalue weighted by molar-refractivity contribution is 5.76. The van der Waals surface area contributed by atoms with Crippen molar-refractivity contribution in [3.05, 3.63) is 6.33 Å². The Morgan fingerprint density at radius 2 is 1.92 bits per heavy atom. The zero-order valence-corrected chi connectivity index (χ0v) is 15.2. The zero-order valence-electron chi connectivity index (χ0n) is 15.2. The first-order valence-electron chi connectivity index (χ1n) is 8.82. The molecule has 1 aromatic rings. The van der Waals surface area contributed by atoms with Crippen LogP contribution in [0.15, 0.2) is 6.33 Å². The van der Waals surface area contributed by atoms with Gasteiger partial charge in [0.1, 0.15) is 12.0 Å². The predicted molar refractivity (Wildman–Crippen MR) is 97.7 cm³/mol. The molecule has 1 atom stereocenters. The van der Waals surface area contributed by atoms with E-state index >= 15 is 0 Å². The van der Waals surface area contributed by atoms with Crippen LogP contribution >= 0.6 is 0 Å². The molecule has 0 bridgehead atoms. The molecule has 1 unspecified atom stereocenters. The largest absolute Gasteiger partial charge is 0.393 e. The molecule has 7 heteroatoms. The Morgan fingerprint density at radius 1 is 1.21 bits per heavy atom. The van der Waals surface area contributed by atoms with Gasteiger partial charge in [0, 0.05) is 39.9 Å². The lowest BCUT2D eigenvalue weighted by Crippen LogP contribution is -2.40. The van der Waals surface area contributed by atoms with Crippen molar-refractivity contribution in [3.8, 4) is 0 Å². The van der Waals surface area contributed by atoms with Crippen LogP contribution < -0.4 is 15.5 Å². The summed E-state index contributed by atoms with van der Waals surface area (Å²) in [4.78, 5) is 13.4. The molecule has 1 saturated heterocycles. The standard InChI is InChI=1S/C17H31N5O2/c1-4-14-7-5-6-8-22(14)17-15(18)16(19-13-20-17)21(9-11-23-2)10-12-24-3/h13-14H,4-12,18H2,1-3H3. The van der Waals surface area contributed by atoms with Gasteiger partial charge in [-0.2, -0.15) is 0 Å². The van der Waals surface area contributed by atoms with Gasteiger partial charge in [-0.1, -0.05) is 6.92 Å². The van der Waals surface area contributed by atoms with Crippen LogP contribution in [-0.2, 0) is 9.47 Å². The number of methoxy groups -OCH3 is 2. The maximum Gasteiger partial charge on any atom is 0.157 e. The van der Waals surface area contributed by atoms with Crippen LogP contribution in [0.2, 0.25) is 0 Å². The summed E-state index contributed by atoms with van der Waals surface area (Å²) in [5.74, 6) is 1.64. The van der Waals surface area contributed by atoms with E-state index in [2.05, 4.69) is 26.7 Å². The number of rotatable bonds is 9. The Kier molecular flexibility index (Phi) is 7.52. The minimum Gasteiger partial charge on any atom is -0.393 e. The molecule has 0 radical (unpaired) electrons. The maximum absolute atomic E-state index is 6.49. The van der Waals surface area contributed by atoms with Crippen molar-refractivity contribution < 1.29 is 9.47 Å². The Balaban J connectivity index is 2.26. The van der Waals surface area contributed by atoms with Gasteiger partial charge in [-0.3, -0.25) is 0 Å². The minimum absolute atomic E-state index is 0.509. The van der Waals surface area contributed by atoms with Crippen LogP contribution in [0.5, 0.6) is 0 Å². The molecule has 7 nitrogen and oxygen atoms in total. The Bertz CT molecular complexity index is 492. The zero-order chi connectivity index (χ0) is 17.4. The summed E-state index contributed by atoms with van der Waals surface area (Å²) in [6.07, 6.45) is 6.39. The normalized spacial score (nSPS) is 18.0. The lowest BCUT2D eigenvalue weighted by atomic mass is 10.00. The van der Waals surface area contributed by atoms with Crippen LogP contribution in [-0.4, -0.2) is 63.1 Å². The fraction of sp³-hybridized carbons (Fsp3) is 0.765. The molecule has 1 aromatic heterocycles. The van der Waals surface area contributed by atoms with Gasteiger partial charge in [0.25, 0.3) is 0 Å². The third kappa shape index (κ3) is 4.48. The minimum atomic E-state index is 0.509. The molecule has 0 saturated carbocycles. The number of ether oxygens (including phenoxy) is 2. The highest BCUT2D eigenvalue weighted by Crippen LogP contribution is 2.33. The molecule has 2 heterocycles. The third-order valence-electron chi connectivity index (χ3n) is 4.64. The monoisotopic (exact) mass is 337 g/mol. The summed E-state index contributed by atoms with van der Waals surface area (Å²) in [6, 6.07) is 0.509. The van der Waals surface area contributed by atoms with Gasteiger partial charge < -0.3 is 25.0 Å². The van der Waals surface area contributed by atoms with Gasteiger partial charge in [0.15, 0.2) is 11.6 Å². The molecule has 136 valence electrons. The lowest BCUT2D eigenvalue weighted by Gasteiger charge is -2.37. The SMILES string of the molecule is CCC1CCCCN1c1ncnc(N(CCOC)CCOC)c1N. The molecule has 1 aliphatic rings. The molecular weight excluding hydrogens is 306 g/mol. The summed E-state index contributed by atoms with van der Waals surface area (Å²) in [6.45, 7) is 5.91. The van der Waals surface area contributed by atoms with E-state index in [1.807, 2.05) is 0 Å². The molecular formula is C17H31N5O2. The van der Waals surface area contributed by atoms with Gasteiger partial charge in [-0.15, -0.1) is 0 Å². The van der Waals surface area contributed by atoms with Crippen molar-refractivity contribution in [2.75, 3.05) is 62.6 Å². The van der Waals surface area contributed by atoms with Crippen molar-refractivity contribution in [2.45, 2.75) is 38.6 Å². The number of aromatic nitrogens is 2.